The van der Waals surface area contributed by atoms with Crippen LogP contribution in [0.4, 0.5) is 0 Å². The van der Waals surface area contributed by atoms with E-state index in [1.807, 2.05) is 13.0 Å². The summed E-state index contributed by atoms with van der Waals surface area (Å²) in [4.78, 5) is 0. The van der Waals surface area contributed by atoms with Gasteiger partial charge in [0.2, 0.25) is 0 Å². The van der Waals surface area contributed by atoms with Gasteiger partial charge in [-0.25, -0.2) is 0 Å². The van der Waals surface area contributed by atoms with E-state index < -0.39 is 0 Å². The van der Waals surface area contributed by atoms with Gasteiger partial charge in [-0.3, -0.25) is 0 Å². The third-order valence-corrected chi connectivity index (χ3v) is 1.60. The lowest BCUT2D eigenvalue weighted by molar-refractivity contribution is 1.76. The fourth-order valence-corrected chi connectivity index (χ4v) is 1.19. The second kappa shape index (κ2) is 2.68. The van der Waals surface area contributed by atoms with Gasteiger partial charge in [-0.2, -0.15) is 11.3 Å². The van der Waals surface area contributed by atoms with Gasteiger partial charge in [-0.05, 0) is 29.3 Å². The SMILES string of the molecule is C/C=C\c1ccsc1. The summed E-state index contributed by atoms with van der Waals surface area (Å²) in [5, 5.41) is 4.20. The Balaban J connectivity index is 2.77. The largest absolute Gasteiger partial charge is 0.152 e. The summed E-state index contributed by atoms with van der Waals surface area (Å²) in [5.41, 5.74) is 1.30. The average Bonchev–Trinajstić information content (AvgIpc) is 2.19. The van der Waals surface area contributed by atoms with Gasteiger partial charge >= 0.3 is 0 Å². The highest BCUT2D eigenvalue weighted by molar-refractivity contribution is 7.08. The molecule has 0 fully saturated rings. The summed E-state index contributed by atoms with van der Waals surface area (Å²) in [7, 11) is 0. The smallest absolute Gasteiger partial charge is 0.00209 e. The second-order valence-electron chi connectivity index (χ2n) is 1.56. The van der Waals surface area contributed by atoms with Crippen LogP contribution in [0.2, 0.25) is 0 Å². The van der Waals surface area contributed by atoms with Crippen molar-refractivity contribution >= 4 is 17.4 Å². The molecule has 0 aliphatic rings. The lowest BCUT2D eigenvalue weighted by Crippen LogP contribution is -1.53. The maximum absolute atomic E-state index is 2.12. The molecule has 0 saturated heterocycles. The normalized spacial score (nSPS) is 10.6. The first-order valence-corrected chi connectivity index (χ1v) is 3.52. The fraction of sp³-hybridized carbons (Fsp3) is 0.143. The predicted molar refractivity (Wildman–Crippen MR) is 39.0 cm³/mol. The van der Waals surface area contributed by atoms with Crippen molar-refractivity contribution in [1.29, 1.82) is 0 Å². The maximum atomic E-state index is 2.12. The van der Waals surface area contributed by atoms with Crippen LogP contribution >= 0.6 is 11.3 Å². The molecule has 0 aliphatic heterocycles. The van der Waals surface area contributed by atoms with Crippen molar-refractivity contribution in [2.45, 2.75) is 6.92 Å². The molecule has 0 spiro atoms. The third kappa shape index (κ3) is 1.20. The van der Waals surface area contributed by atoms with Crippen molar-refractivity contribution in [3.05, 3.63) is 28.5 Å². The van der Waals surface area contributed by atoms with E-state index in [2.05, 4.69) is 22.9 Å². The highest BCUT2D eigenvalue weighted by Gasteiger charge is 1.80. The summed E-state index contributed by atoms with van der Waals surface area (Å²) in [5.74, 6) is 0. The molecule has 8 heavy (non-hydrogen) atoms. The monoisotopic (exact) mass is 124 g/mol. The summed E-state index contributed by atoms with van der Waals surface area (Å²) < 4.78 is 0. The zero-order valence-corrected chi connectivity index (χ0v) is 5.61. The molecule has 0 aliphatic carbocycles. The van der Waals surface area contributed by atoms with E-state index in [-0.39, 0.29) is 0 Å². The quantitative estimate of drug-likeness (QED) is 0.540. The lowest BCUT2D eigenvalue weighted by atomic mass is 10.3. The van der Waals surface area contributed by atoms with Crippen LogP contribution in [0.25, 0.3) is 6.08 Å². The minimum absolute atomic E-state index is 1.30. The first-order valence-electron chi connectivity index (χ1n) is 2.58. The van der Waals surface area contributed by atoms with Crippen LogP contribution in [-0.4, -0.2) is 0 Å². The summed E-state index contributed by atoms with van der Waals surface area (Å²) in [6, 6.07) is 2.10. The number of rotatable bonds is 1. The number of allylic oxidation sites excluding steroid dienone is 1. The molecule has 0 amide bonds. The number of thiophene rings is 1. The molecule has 1 heteroatoms. The Labute approximate surface area is 53.5 Å². The summed E-state index contributed by atoms with van der Waals surface area (Å²) in [6.45, 7) is 2.03. The molecule has 1 aromatic heterocycles. The van der Waals surface area contributed by atoms with Crippen molar-refractivity contribution in [2.24, 2.45) is 0 Å². The van der Waals surface area contributed by atoms with Crippen LogP contribution in [-0.2, 0) is 0 Å². The molecular formula is C7H8S. The lowest BCUT2D eigenvalue weighted by Gasteiger charge is -1.75. The van der Waals surface area contributed by atoms with Crippen molar-refractivity contribution in [3.63, 3.8) is 0 Å². The summed E-state index contributed by atoms with van der Waals surface area (Å²) >= 11 is 1.73. The zero-order chi connectivity index (χ0) is 5.82. The van der Waals surface area contributed by atoms with Crippen molar-refractivity contribution in [1.82, 2.24) is 0 Å². The molecule has 1 heterocycles. The van der Waals surface area contributed by atoms with Gasteiger partial charge < -0.3 is 0 Å². The molecule has 0 radical (unpaired) electrons. The molecular weight excluding hydrogens is 116 g/mol. The molecule has 42 valence electrons. The van der Waals surface area contributed by atoms with Crippen molar-refractivity contribution < 1.29 is 0 Å². The van der Waals surface area contributed by atoms with E-state index in [9.17, 15) is 0 Å². The number of hydrogen-bond donors (Lipinski definition) is 0. The minimum atomic E-state index is 1.30. The Morgan fingerprint density at radius 3 is 3.00 bits per heavy atom. The molecule has 0 unspecified atom stereocenters. The molecule has 0 N–H and O–H groups in total. The highest BCUT2D eigenvalue weighted by atomic mass is 32.1. The van der Waals surface area contributed by atoms with Crippen LogP contribution < -0.4 is 0 Å². The standard InChI is InChI=1S/C7H8S/c1-2-3-7-4-5-8-6-7/h2-6H,1H3/b3-2-. The molecule has 0 atom stereocenters. The fourth-order valence-electron chi connectivity index (χ4n) is 0.562. The Kier molecular flexibility index (Phi) is 1.86. The Morgan fingerprint density at radius 2 is 2.50 bits per heavy atom. The Morgan fingerprint density at radius 1 is 1.62 bits per heavy atom. The van der Waals surface area contributed by atoms with Gasteiger partial charge in [0, 0.05) is 0 Å². The molecule has 1 rings (SSSR count). The third-order valence-electron chi connectivity index (χ3n) is 0.902. The van der Waals surface area contributed by atoms with Gasteiger partial charge in [-0.15, -0.1) is 0 Å². The van der Waals surface area contributed by atoms with Gasteiger partial charge in [0.25, 0.3) is 0 Å². The zero-order valence-electron chi connectivity index (χ0n) is 4.79. The Hall–Kier alpha value is -0.560. The van der Waals surface area contributed by atoms with Gasteiger partial charge in [0.1, 0.15) is 0 Å². The summed E-state index contributed by atoms with van der Waals surface area (Å²) in [6.07, 6.45) is 4.14. The first-order chi connectivity index (χ1) is 3.93. The van der Waals surface area contributed by atoms with Crippen molar-refractivity contribution in [3.8, 4) is 0 Å². The average molecular weight is 124 g/mol. The van der Waals surface area contributed by atoms with Crippen LogP contribution in [0, 0.1) is 0 Å². The van der Waals surface area contributed by atoms with Crippen LogP contribution in [0.15, 0.2) is 22.9 Å². The maximum Gasteiger partial charge on any atom is -0.00209 e. The molecule has 0 aromatic carbocycles. The van der Waals surface area contributed by atoms with E-state index >= 15 is 0 Å². The molecule has 0 bridgehead atoms. The molecule has 1 aromatic rings. The second-order valence-corrected chi connectivity index (χ2v) is 2.34. The Bertz CT molecular complexity index is 161. The highest BCUT2D eigenvalue weighted by Crippen LogP contribution is 2.06. The van der Waals surface area contributed by atoms with Gasteiger partial charge in [0.05, 0.1) is 0 Å². The van der Waals surface area contributed by atoms with E-state index in [0.717, 1.165) is 0 Å². The van der Waals surface area contributed by atoms with Gasteiger partial charge in [0.15, 0.2) is 0 Å². The predicted octanol–water partition coefficient (Wildman–Crippen LogP) is 2.78. The van der Waals surface area contributed by atoms with E-state index in [1.54, 1.807) is 11.3 Å². The molecule has 0 saturated carbocycles. The van der Waals surface area contributed by atoms with E-state index in [4.69, 9.17) is 0 Å². The van der Waals surface area contributed by atoms with Crippen LogP contribution in [0.3, 0.4) is 0 Å². The van der Waals surface area contributed by atoms with Crippen LogP contribution in [0.1, 0.15) is 12.5 Å². The first kappa shape index (κ1) is 5.57. The van der Waals surface area contributed by atoms with E-state index in [0.29, 0.717) is 0 Å². The minimum Gasteiger partial charge on any atom is -0.152 e. The van der Waals surface area contributed by atoms with Crippen molar-refractivity contribution in [2.75, 3.05) is 0 Å². The number of hydrogen-bond acceptors (Lipinski definition) is 1. The topological polar surface area (TPSA) is 0 Å². The van der Waals surface area contributed by atoms with Gasteiger partial charge in [-0.1, -0.05) is 12.2 Å². The van der Waals surface area contributed by atoms with E-state index in [1.165, 1.54) is 5.56 Å². The molecule has 0 nitrogen and oxygen atoms in total. The van der Waals surface area contributed by atoms with Crippen LogP contribution in [0.5, 0.6) is 0 Å².